The van der Waals surface area contributed by atoms with Gasteiger partial charge in [-0.2, -0.15) is 0 Å². The first-order valence-corrected chi connectivity index (χ1v) is 13.4. The minimum absolute atomic E-state index is 0.0914. The number of aromatic amines is 1. The van der Waals surface area contributed by atoms with E-state index in [1.54, 1.807) is 14.0 Å². The van der Waals surface area contributed by atoms with Gasteiger partial charge in [-0.05, 0) is 55.0 Å². The van der Waals surface area contributed by atoms with E-state index in [2.05, 4.69) is 16.4 Å². The highest BCUT2D eigenvalue weighted by Crippen LogP contribution is 2.45. The fourth-order valence-corrected chi connectivity index (χ4v) is 5.83. The van der Waals surface area contributed by atoms with Crippen molar-refractivity contribution in [2.45, 2.75) is 32.7 Å². The molecule has 2 aromatic carbocycles. The van der Waals surface area contributed by atoms with Gasteiger partial charge in [-0.25, -0.2) is 9.79 Å². The van der Waals surface area contributed by atoms with Crippen LogP contribution >= 0.6 is 11.8 Å². The number of hydrogen-bond donors (Lipinski definition) is 2. The SMILES string of the molecule is CCOC(=O)C1=C(C)N=C2SC=C(CC(=O)NCCc3c[nH]c4ccccc34)N2C1c1cccc(OC)c1. The summed E-state index contributed by atoms with van der Waals surface area (Å²) in [5.41, 5.74) is 4.94. The first-order chi connectivity index (χ1) is 18.5. The number of ether oxygens (including phenoxy) is 2. The molecule has 3 heterocycles. The third-order valence-corrected chi connectivity index (χ3v) is 7.53. The summed E-state index contributed by atoms with van der Waals surface area (Å²) in [5, 5.41) is 6.88. The number of aliphatic imine (C=N–C) groups is 1. The van der Waals surface area contributed by atoms with Gasteiger partial charge in [0.05, 0.1) is 37.4 Å². The van der Waals surface area contributed by atoms with E-state index in [-0.39, 0.29) is 18.9 Å². The van der Waals surface area contributed by atoms with Gasteiger partial charge < -0.3 is 24.7 Å². The second-order valence-electron chi connectivity index (χ2n) is 9.03. The number of nitrogens with zero attached hydrogens (tertiary/aromatic N) is 2. The lowest BCUT2D eigenvalue weighted by atomic mass is 9.93. The van der Waals surface area contributed by atoms with Crippen molar-refractivity contribution in [3.05, 3.63) is 88.2 Å². The summed E-state index contributed by atoms with van der Waals surface area (Å²) < 4.78 is 10.9. The summed E-state index contributed by atoms with van der Waals surface area (Å²) in [6.45, 7) is 4.38. The summed E-state index contributed by atoms with van der Waals surface area (Å²) in [6, 6.07) is 15.2. The zero-order valence-corrected chi connectivity index (χ0v) is 22.4. The van der Waals surface area contributed by atoms with Gasteiger partial charge in [-0.15, -0.1) is 0 Å². The van der Waals surface area contributed by atoms with Crippen LogP contribution in [0.3, 0.4) is 0 Å². The Morgan fingerprint density at radius 2 is 2.03 bits per heavy atom. The summed E-state index contributed by atoms with van der Waals surface area (Å²) in [7, 11) is 1.61. The lowest BCUT2D eigenvalue weighted by molar-refractivity contribution is -0.139. The van der Waals surface area contributed by atoms with E-state index in [0.717, 1.165) is 28.4 Å². The highest BCUT2D eigenvalue weighted by molar-refractivity contribution is 8.16. The van der Waals surface area contributed by atoms with Crippen LogP contribution < -0.4 is 10.1 Å². The molecule has 1 amide bonds. The molecule has 3 aromatic rings. The number of thioether (sulfide) groups is 1. The molecular formula is C29H30N4O4S. The molecule has 0 saturated heterocycles. The van der Waals surface area contributed by atoms with E-state index in [4.69, 9.17) is 14.5 Å². The van der Waals surface area contributed by atoms with Crippen molar-refractivity contribution < 1.29 is 19.1 Å². The predicted molar refractivity (Wildman–Crippen MR) is 150 cm³/mol. The molecule has 9 heteroatoms. The van der Waals surface area contributed by atoms with Crippen LogP contribution in [0.1, 0.15) is 37.4 Å². The Balaban J connectivity index is 1.34. The highest BCUT2D eigenvalue weighted by Gasteiger charge is 2.41. The van der Waals surface area contributed by atoms with Crippen molar-refractivity contribution >= 4 is 39.7 Å². The van der Waals surface area contributed by atoms with Gasteiger partial charge in [0, 0.05) is 29.3 Å². The number of esters is 1. The topological polar surface area (TPSA) is 96.0 Å². The molecular weight excluding hydrogens is 500 g/mol. The van der Waals surface area contributed by atoms with E-state index in [9.17, 15) is 9.59 Å². The van der Waals surface area contributed by atoms with Gasteiger partial charge >= 0.3 is 5.97 Å². The van der Waals surface area contributed by atoms with Crippen molar-refractivity contribution in [2.75, 3.05) is 20.3 Å². The van der Waals surface area contributed by atoms with Gasteiger partial charge in [0.1, 0.15) is 5.75 Å². The molecule has 0 fully saturated rings. The maximum atomic E-state index is 13.1. The third kappa shape index (κ3) is 5.06. The van der Waals surface area contributed by atoms with Crippen LogP contribution in [0.25, 0.3) is 10.9 Å². The number of aromatic nitrogens is 1. The number of benzene rings is 2. The van der Waals surface area contributed by atoms with Crippen LogP contribution in [0.5, 0.6) is 5.75 Å². The first kappa shape index (κ1) is 25.7. The average molecular weight is 531 g/mol. The number of rotatable bonds is 9. The molecule has 0 radical (unpaired) electrons. The van der Waals surface area contributed by atoms with Gasteiger partial charge in [-0.1, -0.05) is 42.1 Å². The number of H-pyrrole nitrogens is 1. The van der Waals surface area contributed by atoms with E-state index in [1.807, 2.05) is 65.9 Å². The smallest absolute Gasteiger partial charge is 0.338 e. The lowest BCUT2D eigenvalue weighted by Crippen LogP contribution is -2.38. The van der Waals surface area contributed by atoms with E-state index >= 15 is 0 Å². The number of methoxy groups -OCH3 is 1. The largest absolute Gasteiger partial charge is 0.497 e. The molecule has 0 saturated carbocycles. The van der Waals surface area contributed by atoms with Gasteiger partial charge in [0.25, 0.3) is 0 Å². The molecule has 2 aliphatic heterocycles. The molecule has 0 aliphatic carbocycles. The van der Waals surface area contributed by atoms with E-state index in [0.29, 0.717) is 23.6 Å². The third-order valence-electron chi connectivity index (χ3n) is 6.64. The summed E-state index contributed by atoms with van der Waals surface area (Å²) in [5.74, 6) is 0.172. The molecule has 1 aromatic heterocycles. The van der Waals surface area contributed by atoms with Crippen LogP contribution in [0, 0.1) is 0 Å². The van der Waals surface area contributed by atoms with Crippen molar-refractivity contribution in [3.8, 4) is 5.75 Å². The molecule has 5 rings (SSSR count). The van der Waals surface area contributed by atoms with Crippen LogP contribution in [0.2, 0.25) is 0 Å². The molecule has 2 aliphatic rings. The standard InChI is InChI=1S/C29H30N4O4S/c1-4-37-28(35)26-18(2)32-29-33(27(26)19-8-7-9-22(14-19)36-3)21(17-38-29)15-25(34)30-13-12-20-16-31-24-11-6-5-10-23(20)24/h5-11,14,16-17,27,31H,4,12-13,15H2,1-3H3,(H,30,34). The van der Waals surface area contributed by atoms with E-state index < -0.39 is 12.0 Å². The zero-order valence-electron chi connectivity index (χ0n) is 21.6. The Morgan fingerprint density at radius 1 is 1.18 bits per heavy atom. The minimum Gasteiger partial charge on any atom is -0.497 e. The zero-order chi connectivity index (χ0) is 26.6. The normalized spacial score (nSPS) is 16.7. The second kappa shape index (κ2) is 11.2. The Labute approximate surface area is 225 Å². The maximum Gasteiger partial charge on any atom is 0.338 e. The van der Waals surface area contributed by atoms with Gasteiger partial charge in [0.15, 0.2) is 5.17 Å². The summed E-state index contributed by atoms with van der Waals surface area (Å²) >= 11 is 1.45. The molecule has 1 atom stereocenters. The number of carbonyl (C=O) groups is 2. The highest BCUT2D eigenvalue weighted by atomic mass is 32.2. The van der Waals surface area contributed by atoms with Crippen molar-refractivity contribution in [1.82, 2.24) is 15.2 Å². The summed E-state index contributed by atoms with van der Waals surface area (Å²) in [6.07, 6.45) is 2.88. The van der Waals surface area contributed by atoms with Gasteiger partial charge in [-0.3, -0.25) is 4.79 Å². The quantitative estimate of drug-likeness (QED) is 0.376. The molecule has 196 valence electrons. The van der Waals surface area contributed by atoms with Crippen molar-refractivity contribution in [3.63, 3.8) is 0 Å². The van der Waals surface area contributed by atoms with Crippen LogP contribution in [-0.2, 0) is 20.7 Å². The fourth-order valence-electron chi connectivity index (χ4n) is 4.87. The Hall–Kier alpha value is -3.98. The molecule has 0 spiro atoms. The number of amides is 1. The number of para-hydroxylation sites is 1. The fraction of sp³-hybridized carbons (Fsp3) is 0.276. The molecule has 2 N–H and O–H groups in total. The van der Waals surface area contributed by atoms with Gasteiger partial charge in [0.2, 0.25) is 5.91 Å². The predicted octanol–water partition coefficient (Wildman–Crippen LogP) is 5.06. The minimum atomic E-state index is -0.489. The van der Waals surface area contributed by atoms with Crippen molar-refractivity contribution in [2.24, 2.45) is 4.99 Å². The molecule has 38 heavy (non-hydrogen) atoms. The maximum absolute atomic E-state index is 13.1. The Morgan fingerprint density at radius 3 is 2.84 bits per heavy atom. The molecule has 8 nitrogen and oxygen atoms in total. The Kier molecular flexibility index (Phi) is 7.55. The number of allylic oxidation sites excluding steroid dienone is 1. The van der Waals surface area contributed by atoms with Crippen LogP contribution in [0.15, 0.2) is 82.1 Å². The number of carbonyl (C=O) groups excluding carboxylic acids is 2. The second-order valence-corrected chi connectivity index (χ2v) is 9.86. The molecule has 1 unspecified atom stereocenters. The van der Waals surface area contributed by atoms with Crippen LogP contribution in [0.4, 0.5) is 0 Å². The van der Waals surface area contributed by atoms with E-state index in [1.165, 1.54) is 22.7 Å². The van der Waals surface area contributed by atoms with Crippen molar-refractivity contribution in [1.29, 1.82) is 0 Å². The number of hydrogen-bond acceptors (Lipinski definition) is 7. The monoisotopic (exact) mass is 530 g/mol. The van der Waals surface area contributed by atoms with Crippen LogP contribution in [-0.4, -0.2) is 47.2 Å². The molecule has 0 bridgehead atoms. The average Bonchev–Trinajstić information content (AvgIpc) is 3.52. The lowest BCUT2D eigenvalue weighted by Gasteiger charge is -2.36. The Bertz CT molecular complexity index is 1470. The summed E-state index contributed by atoms with van der Waals surface area (Å²) in [4.78, 5) is 36.1. The number of amidine groups is 1. The number of fused-ring (bicyclic) bond motifs is 2. The number of nitrogens with one attached hydrogen (secondary N) is 2. The first-order valence-electron chi connectivity index (χ1n) is 12.6.